The number of fused-ring (bicyclic) bond motifs is 1. The van der Waals surface area contributed by atoms with Crippen LogP contribution in [0.4, 0.5) is 8.78 Å². The highest BCUT2D eigenvalue weighted by atomic mass is 19.1. The fourth-order valence-corrected chi connectivity index (χ4v) is 3.65. The van der Waals surface area contributed by atoms with E-state index in [9.17, 15) is 23.2 Å². The zero-order valence-corrected chi connectivity index (χ0v) is 17.5. The molecule has 2 N–H and O–H groups in total. The fourth-order valence-electron chi connectivity index (χ4n) is 3.65. The summed E-state index contributed by atoms with van der Waals surface area (Å²) in [5.74, 6) is -2.24. The van der Waals surface area contributed by atoms with Gasteiger partial charge in [0.25, 0.3) is 5.56 Å². The molecule has 0 fully saturated rings. The molecule has 0 unspecified atom stereocenters. The van der Waals surface area contributed by atoms with Crippen molar-refractivity contribution in [1.29, 1.82) is 0 Å². The lowest BCUT2D eigenvalue weighted by atomic mass is 10.0. The van der Waals surface area contributed by atoms with E-state index in [0.717, 1.165) is 16.7 Å². The Bertz CT molecular complexity index is 1440. The number of amides is 1. The predicted molar refractivity (Wildman–Crippen MR) is 117 cm³/mol. The second kappa shape index (κ2) is 9.11. The quantitative estimate of drug-likeness (QED) is 0.468. The predicted octanol–water partition coefficient (Wildman–Crippen LogP) is 2.42. The molecule has 0 aliphatic rings. The van der Waals surface area contributed by atoms with Crippen LogP contribution in [-0.4, -0.2) is 25.7 Å². The molecule has 2 aromatic heterocycles. The van der Waals surface area contributed by atoms with E-state index < -0.39 is 40.9 Å². The lowest BCUT2D eigenvalue weighted by molar-refractivity contribution is -0.125. The Morgan fingerprint density at radius 3 is 2.55 bits per heavy atom. The van der Waals surface area contributed by atoms with Gasteiger partial charge in [-0.05, 0) is 18.6 Å². The molecule has 10 heteroatoms. The summed E-state index contributed by atoms with van der Waals surface area (Å²) >= 11 is 0. The Balaban J connectivity index is 1.76. The number of aromatic nitrogens is 4. The summed E-state index contributed by atoms with van der Waals surface area (Å²) in [6.45, 7) is 1.52. The first-order valence-corrected chi connectivity index (χ1v) is 10.1. The van der Waals surface area contributed by atoms with Crippen LogP contribution in [0.5, 0.6) is 0 Å². The number of H-pyrrole nitrogens is 1. The molecular weight excluding hydrogens is 432 g/mol. The van der Waals surface area contributed by atoms with Crippen molar-refractivity contribution >= 4 is 16.8 Å². The van der Waals surface area contributed by atoms with Crippen molar-refractivity contribution in [2.45, 2.75) is 25.4 Å². The summed E-state index contributed by atoms with van der Waals surface area (Å²) in [5, 5.41) is 10.1. The van der Waals surface area contributed by atoms with E-state index in [4.69, 9.17) is 0 Å². The Kier molecular flexibility index (Phi) is 6.07. The summed E-state index contributed by atoms with van der Waals surface area (Å²) in [6.07, 6.45) is 2.48. The van der Waals surface area contributed by atoms with Crippen LogP contribution in [0.15, 0.2) is 70.5 Å². The van der Waals surface area contributed by atoms with Crippen LogP contribution in [0, 0.1) is 11.6 Å². The van der Waals surface area contributed by atoms with Gasteiger partial charge >= 0.3 is 5.69 Å². The number of hydrogen-bond donors (Lipinski definition) is 2. The summed E-state index contributed by atoms with van der Waals surface area (Å²) in [7, 11) is 0. The highest BCUT2D eigenvalue weighted by molar-refractivity contribution is 5.82. The number of halogens is 2. The van der Waals surface area contributed by atoms with Gasteiger partial charge in [0.1, 0.15) is 17.7 Å². The Morgan fingerprint density at radius 2 is 1.82 bits per heavy atom. The molecule has 0 aliphatic heterocycles. The van der Waals surface area contributed by atoms with Gasteiger partial charge in [0.2, 0.25) is 5.91 Å². The van der Waals surface area contributed by atoms with Gasteiger partial charge < -0.3 is 10.3 Å². The van der Waals surface area contributed by atoms with Gasteiger partial charge in [-0.15, -0.1) is 0 Å². The molecule has 4 rings (SSSR count). The van der Waals surface area contributed by atoms with E-state index >= 15 is 0 Å². The molecule has 2 atom stereocenters. The lowest BCUT2D eigenvalue weighted by Crippen LogP contribution is -2.46. The molecule has 168 valence electrons. The van der Waals surface area contributed by atoms with Crippen molar-refractivity contribution in [2.75, 3.05) is 0 Å². The molecule has 2 aromatic carbocycles. The van der Waals surface area contributed by atoms with Crippen molar-refractivity contribution in [1.82, 2.24) is 25.1 Å². The summed E-state index contributed by atoms with van der Waals surface area (Å²) in [4.78, 5) is 41.8. The second-order valence-corrected chi connectivity index (χ2v) is 7.52. The molecule has 0 saturated carbocycles. The van der Waals surface area contributed by atoms with E-state index in [0.29, 0.717) is 5.56 Å². The summed E-state index contributed by atoms with van der Waals surface area (Å²) in [5.41, 5.74) is -0.537. The second-order valence-electron chi connectivity index (χ2n) is 7.52. The maximum atomic E-state index is 14.2. The third-order valence-corrected chi connectivity index (χ3v) is 5.31. The van der Waals surface area contributed by atoms with Crippen LogP contribution in [0.25, 0.3) is 10.9 Å². The Morgan fingerprint density at radius 1 is 1.09 bits per heavy atom. The average Bonchev–Trinajstić information content (AvgIpc) is 2.79. The van der Waals surface area contributed by atoms with Crippen molar-refractivity contribution in [3.63, 3.8) is 0 Å². The number of nitrogens with zero attached hydrogens (tertiary/aromatic N) is 3. The third-order valence-electron chi connectivity index (χ3n) is 5.31. The number of rotatable bonds is 6. The minimum atomic E-state index is -1.24. The maximum Gasteiger partial charge on any atom is 0.329 e. The summed E-state index contributed by atoms with van der Waals surface area (Å²) in [6, 6.07) is 9.80. The standard InChI is InChI=1S/C23H19F2N5O3/c1-13(16-8-7-15(24)10-18(16)25)28-21(31)20(9-14-5-3-2-4-6-14)30-22(32)17-11-26-27-12-19(17)29-23(30)33/h2-8,10-13,20H,9H2,1H3,(H,28,31)(H,29,33)/t13-,20-/m0/s1. The van der Waals surface area contributed by atoms with Crippen LogP contribution in [0.3, 0.4) is 0 Å². The largest absolute Gasteiger partial charge is 0.348 e. The molecule has 33 heavy (non-hydrogen) atoms. The number of hydrogen-bond acceptors (Lipinski definition) is 5. The molecule has 0 spiro atoms. The topological polar surface area (TPSA) is 110 Å². The molecule has 0 saturated heterocycles. The Hall–Kier alpha value is -4.21. The average molecular weight is 451 g/mol. The first-order valence-electron chi connectivity index (χ1n) is 10.1. The lowest BCUT2D eigenvalue weighted by Gasteiger charge is -2.22. The van der Waals surface area contributed by atoms with Crippen LogP contribution >= 0.6 is 0 Å². The van der Waals surface area contributed by atoms with Crippen LogP contribution < -0.4 is 16.6 Å². The van der Waals surface area contributed by atoms with Crippen LogP contribution in [-0.2, 0) is 11.2 Å². The van der Waals surface area contributed by atoms with E-state index in [1.807, 2.05) is 0 Å². The van der Waals surface area contributed by atoms with E-state index in [-0.39, 0.29) is 22.9 Å². The number of aromatic amines is 1. The molecule has 1 amide bonds. The monoisotopic (exact) mass is 451 g/mol. The number of carbonyl (C=O) groups is 1. The summed E-state index contributed by atoms with van der Waals surface area (Å²) < 4.78 is 28.3. The smallest absolute Gasteiger partial charge is 0.329 e. The van der Waals surface area contributed by atoms with Gasteiger partial charge in [0, 0.05) is 18.1 Å². The SMILES string of the molecule is C[C@H](NC(=O)[C@H](Cc1ccccc1)n1c(=O)[nH]c2cnncc2c1=O)c1ccc(F)cc1F. The van der Waals surface area contributed by atoms with E-state index in [1.165, 1.54) is 25.4 Å². The van der Waals surface area contributed by atoms with Crippen molar-refractivity contribution < 1.29 is 13.6 Å². The first-order chi connectivity index (χ1) is 15.8. The van der Waals surface area contributed by atoms with Crippen molar-refractivity contribution in [3.8, 4) is 0 Å². The number of benzene rings is 2. The Labute approximate surface area is 185 Å². The molecule has 4 aromatic rings. The van der Waals surface area contributed by atoms with Gasteiger partial charge in [-0.1, -0.05) is 36.4 Å². The van der Waals surface area contributed by atoms with Crippen LogP contribution in [0.2, 0.25) is 0 Å². The van der Waals surface area contributed by atoms with Crippen LogP contribution in [0.1, 0.15) is 30.1 Å². The first kappa shape index (κ1) is 22.0. The molecule has 0 aliphatic carbocycles. The molecular formula is C23H19F2N5O3. The molecule has 0 radical (unpaired) electrons. The van der Waals surface area contributed by atoms with Crippen molar-refractivity contribution in [3.05, 3.63) is 105 Å². The molecule has 0 bridgehead atoms. The minimum Gasteiger partial charge on any atom is -0.348 e. The highest BCUT2D eigenvalue weighted by Crippen LogP contribution is 2.20. The van der Waals surface area contributed by atoms with Gasteiger partial charge in [0.05, 0.1) is 29.3 Å². The fraction of sp³-hybridized carbons (Fsp3) is 0.174. The minimum absolute atomic E-state index is 0.0261. The van der Waals surface area contributed by atoms with E-state index in [2.05, 4.69) is 20.5 Å². The van der Waals surface area contributed by atoms with E-state index in [1.54, 1.807) is 30.3 Å². The zero-order valence-electron chi connectivity index (χ0n) is 17.5. The normalized spacial score (nSPS) is 12.9. The number of nitrogens with one attached hydrogen (secondary N) is 2. The number of carbonyl (C=O) groups excluding carboxylic acids is 1. The van der Waals surface area contributed by atoms with Crippen molar-refractivity contribution in [2.24, 2.45) is 0 Å². The van der Waals surface area contributed by atoms with Gasteiger partial charge in [-0.2, -0.15) is 10.2 Å². The highest BCUT2D eigenvalue weighted by Gasteiger charge is 2.27. The van der Waals surface area contributed by atoms with Gasteiger partial charge in [-0.25, -0.2) is 18.1 Å². The third kappa shape index (κ3) is 4.54. The van der Waals surface area contributed by atoms with Gasteiger partial charge in [0.15, 0.2) is 0 Å². The maximum absolute atomic E-state index is 14.2. The zero-order chi connectivity index (χ0) is 23.5. The molecule has 2 heterocycles. The van der Waals surface area contributed by atoms with Gasteiger partial charge in [-0.3, -0.25) is 9.59 Å². The molecule has 8 nitrogen and oxygen atoms in total.